The number of esters is 1. The molecule has 1 aromatic carbocycles. The molecule has 176 valence electrons. The lowest BCUT2D eigenvalue weighted by Gasteiger charge is -2.22. The zero-order chi connectivity index (χ0) is 24.1. The number of benzene rings is 1. The van der Waals surface area contributed by atoms with Crippen LogP contribution in [0.25, 0.3) is 10.4 Å². The molecular weight excluding hydrogens is 446 g/mol. The second-order valence-electron chi connectivity index (χ2n) is 7.93. The average Bonchev–Trinajstić information content (AvgIpc) is 3.02. The fourth-order valence-corrected chi connectivity index (χ4v) is 4.55. The Morgan fingerprint density at radius 1 is 1.12 bits per heavy atom. The van der Waals surface area contributed by atoms with E-state index >= 15 is 0 Å². The van der Waals surface area contributed by atoms with Gasteiger partial charge >= 0.3 is 18.0 Å². The lowest BCUT2D eigenvalue weighted by atomic mass is 10.1. The van der Waals surface area contributed by atoms with Crippen LogP contribution in [0.4, 0.5) is 15.3 Å². The number of nitrogens with zero attached hydrogens (tertiary/aromatic N) is 2. The molecule has 10 nitrogen and oxygen atoms in total. The molecule has 33 heavy (non-hydrogen) atoms. The van der Waals surface area contributed by atoms with E-state index in [2.05, 4.69) is 5.32 Å². The molecule has 0 radical (unpaired) electrons. The summed E-state index contributed by atoms with van der Waals surface area (Å²) in [6.45, 7) is 0.743. The van der Waals surface area contributed by atoms with E-state index in [1.165, 1.54) is 9.80 Å². The van der Waals surface area contributed by atoms with Crippen molar-refractivity contribution in [2.75, 3.05) is 32.5 Å². The van der Waals surface area contributed by atoms with Gasteiger partial charge in [-0.3, -0.25) is 4.79 Å². The van der Waals surface area contributed by atoms with E-state index in [1.807, 2.05) is 0 Å². The number of carbonyl (C=O) groups excluding carboxylic acids is 4. The van der Waals surface area contributed by atoms with Crippen LogP contribution in [0.2, 0.25) is 0 Å². The van der Waals surface area contributed by atoms with Crippen LogP contribution in [0, 0.1) is 0 Å². The first-order valence-electron chi connectivity index (χ1n) is 10.4. The summed E-state index contributed by atoms with van der Waals surface area (Å²) >= 11 is 1.14. The molecule has 1 fully saturated rings. The van der Waals surface area contributed by atoms with Crippen molar-refractivity contribution in [1.82, 2.24) is 9.80 Å². The third-order valence-electron chi connectivity index (χ3n) is 5.21. The van der Waals surface area contributed by atoms with E-state index in [0.717, 1.165) is 29.7 Å². The monoisotopic (exact) mass is 473 g/mol. The molecule has 1 saturated heterocycles. The highest BCUT2D eigenvalue weighted by Crippen LogP contribution is 2.36. The van der Waals surface area contributed by atoms with Crippen molar-refractivity contribution in [3.8, 4) is 10.4 Å². The number of hydrogen-bond donors (Lipinski definition) is 3. The van der Waals surface area contributed by atoms with E-state index in [-0.39, 0.29) is 23.0 Å². The number of likely N-dealkylation sites (tertiary alicyclic amines) is 1. The maximum atomic E-state index is 13.0. The summed E-state index contributed by atoms with van der Waals surface area (Å²) < 4.78 is 5.67. The lowest BCUT2D eigenvalue weighted by Crippen LogP contribution is -2.41. The fraction of sp³-hybridized carbons (Fsp3) is 0.364. The summed E-state index contributed by atoms with van der Waals surface area (Å²) in [5.74, 6) is -0.743. The van der Waals surface area contributed by atoms with Crippen LogP contribution in [0.1, 0.15) is 39.3 Å². The van der Waals surface area contributed by atoms with Crippen molar-refractivity contribution in [3.05, 3.63) is 40.8 Å². The van der Waals surface area contributed by atoms with E-state index in [4.69, 9.17) is 16.2 Å². The van der Waals surface area contributed by atoms with Crippen LogP contribution < -0.4 is 16.8 Å². The Morgan fingerprint density at radius 2 is 1.82 bits per heavy atom. The molecule has 1 unspecified atom stereocenters. The molecule has 3 rings (SSSR count). The van der Waals surface area contributed by atoms with Gasteiger partial charge in [0.2, 0.25) is 0 Å². The highest BCUT2D eigenvalue weighted by Gasteiger charge is 2.27. The van der Waals surface area contributed by atoms with Gasteiger partial charge in [0.05, 0.1) is 12.2 Å². The number of nitrogens with two attached hydrogens (primary N) is 2. The van der Waals surface area contributed by atoms with E-state index in [9.17, 15) is 19.2 Å². The van der Waals surface area contributed by atoms with Gasteiger partial charge in [-0.15, -0.1) is 11.3 Å². The molecule has 2 heterocycles. The largest absolute Gasteiger partial charge is 0.456 e. The molecule has 5 amide bonds. The third-order valence-corrected chi connectivity index (χ3v) is 6.38. The summed E-state index contributed by atoms with van der Waals surface area (Å²) in [7, 11) is 3.35. The predicted octanol–water partition coefficient (Wildman–Crippen LogP) is 2.70. The van der Waals surface area contributed by atoms with E-state index in [1.54, 1.807) is 44.4 Å². The maximum Gasteiger partial charge on any atom is 0.350 e. The van der Waals surface area contributed by atoms with Gasteiger partial charge < -0.3 is 31.3 Å². The number of hydrogen-bond acceptors (Lipinski definition) is 6. The van der Waals surface area contributed by atoms with E-state index in [0.29, 0.717) is 23.4 Å². The molecular formula is C22H27N5O5S. The number of carbonyl (C=O) groups is 4. The Morgan fingerprint density at radius 3 is 2.42 bits per heavy atom. The smallest absolute Gasteiger partial charge is 0.350 e. The lowest BCUT2D eigenvalue weighted by molar-refractivity contribution is 0.0246. The Bertz CT molecular complexity index is 1050. The molecule has 0 aliphatic carbocycles. The minimum atomic E-state index is -0.810. The molecule has 2 aromatic rings. The van der Waals surface area contributed by atoms with Crippen LogP contribution in [-0.2, 0) is 4.74 Å². The van der Waals surface area contributed by atoms with Gasteiger partial charge in [0.1, 0.15) is 11.0 Å². The first-order chi connectivity index (χ1) is 15.7. The quantitative estimate of drug-likeness (QED) is 0.571. The van der Waals surface area contributed by atoms with Crippen molar-refractivity contribution in [3.63, 3.8) is 0 Å². The summed E-state index contributed by atoms with van der Waals surface area (Å²) in [4.78, 5) is 52.0. The van der Waals surface area contributed by atoms with Gasteiger partial charge in [-0.05, 0) is 43.0 Å². The van der Waals surface area contributed by atoms with Gasteiger partial charge in [0.25, 0.3) is 5.91 Å². The molecule has 5 N–H and O–H groups in total. The summed E-state index contributed by atoms with van der Waals surface area (Å²) in [5, 5.41) is 2.47. The summed E-state index contributed by atoms with van der Waals surface area (Å²) in [6.07, 6.45) is 1.67. The second-order valence-corrected chi connectivity index (χ2v) is 8.98. The average molecular weight is 474 g/mol. The second kappa shape index (κ2) is 10.3. The predicted molar refractivity (Wildman–Crippen MR) is 125 cm³/mol. The fourth-order valence-electron chi connectivity index (χ4n) is 3.55. The molecule has 0 saturated carbocycles. The molecule has 0 bridgehead atoms. The first-order valence-corrected chi connectivity index (χ1v) is 11.2. The van der Waals surface area contributed by atoms with Crippen LogP contribution in [0.5, 0.6) is 0 Å². The zero-order valence-electron chi connectivity index (χ0n) is 18.5. The Kier molecular flexibility index (Phi) is 7.54. The number of nitrogens with one attached hydrogen (secondary N) is 1. The SMILES string of the molecule is CN(C)C(=O)c1ccc(-c2cc(NC(N)=O)c(C(=O)OC3CCCCN(C(N)=O)C3)s2)cc1. The Labute approximate surface area is 195 Å². The molecule has 1 aliphatic heterocycles. The molecule has 11 heteroatoms. The van der Waals surface area contributed by atoms with Crippen LogP contribution in [-0.4, -0.2) is 67.0 Å². The molecule has 1 aliphatic rings. The first kappa shape index (κ1) is 24.1. The van der Waals surface area contributed by atoms with Crippen LogP contribution in [0.15, 0.2) is 30.3 Å². The number of rotatable bonds is 5. The van der Waals surface area contributed by atoms with Crippen LogP contribution in [0.3, 0.4) is 0 Å². The van der Waals surface area contributed by atoms with Gasteiger partial charge in [0.15, 0.2) is 0 Å². The van der Waals surface area contributed by atoms with Gasteiger partial charge in [-0.25, -0.2) is 14.4 Å². The van der Waals surface area contributed by atoms with E-state index < -0.39 is 24.1 Å². The van der Waals surface area contributed by atoms with Gasteiger partial charge in [-0.2, -0.15) is 0 Å². The van der Waals surface area contributed by atoms with Crippen molar-refractivity contribution in [2.24, 2.45) is 11.5 Å². The zero-order valence-corrected chi connectivity index (χ0v) is 19.3. The number of primary amides is 2. The number of anilines is 1. The minimum Gasteiger partial charge on any atom is -0.456 e. The van der Waals surface area contributed by atoms with Crippen molar-refractivity contribution < 1.29 is 23.9 Å². The molecule has 1 atom stereocenters. The maximum absolute atomic E-state index is 13.0. The number of amides is 5. The highest BCUT2D eigenvalue weighted by molar-refractivity contribution is 7.18. The van der Waals surface area contributed by atoms with Gasteiger partial charge in [0, 0.05) is 31.1 Å². The number of urea groups is 2. The summed E-state index contributed by atoms with van der Waals surface area (Å²) in [5.41, 5.74) is 12.2. The topological polar surface area (TPSA) is 148 Å². The molecule has 0 spiro atoms. The summed E-state index contributed by atoms with van der Waals surface area (Å²) in [6, 6.07) is 7.20. The highest BCUT2D eigenvalue weighted by atomic mass is 32.1. The van der Waals surface area contributed by atoms with Gasteiger partial charge in [-0.1, -0.05) is 12.1 Å². The van der Waals surface area contributed by atoms with Crippen LogP contribution >= 0.6 is 11.3 Å². The third kappa shape index (κ3) is 6.01. The van der Waals surface area contributed by atoms with Crippen molar-refractivity contribution >= 4 is 41.0 Å². The van der Waals surface area contributed by atoms with Crippen molar-refractivity contribution in [2.45, 2.75) is 25.4 Å². The standard InChI is InChI=1S/C22H27N5O5S/c1-26(2)19(28)14-8-6-13(7-9-14)17-11-16(25-21(23)30)18(33-17)20(29)32-15-5-3-4-10-27(12-15)22(24)31/h6-9,11,15H,3-5,10,12H2,1-2H3,(H2,24,31)(H3,23,25,30). The minimum absolute atomic E-state index is 0.124. The van der Waals surface area contributed by atoms with Crippen molar-refractivity contribution in [1.29, 1.82) is 0 Å². The molecule has 1 aromatic heterocycles. The normalized spacial score (nSPS) is 15.9. The Balaban J connectivity index is 1.84. The Hall–Kier alpha value is -3.60. The number of thiophene rings is 1. The number of ether oxygens (including phenoxy) is 1.